The Balaban J connectivity index is 1.79. The maximum absolute atomic E-state index is 12.0. The van der Waals surface area contributed by atoms with Gasteiger partial charge < -0.3 is 14.8 Å². The Bertz CT molecular complexity index is 594. The zero-order chi connectivity index (χ0) is 16.0. The first-order valence-corrected chi connectivity index (χ1v) is 8.56. The third-order valence-corrected chi connectivity index (χ3v) is 4.47. The molecule has 1 aromatic rings. The minimum Gasteiger partial charge on any atom is -0.353 e. The van der Waals surface area contributed by atoms with Gasteiger partial charge in [0.15, 0.2) is 6.29 Å². The van der Waals surface area contributed by atoms with E-state index in [-0.39, 0.29) is 17.7 Å². The number of hydrogen-bond acceptors (Lipinski definition) is 5. The van der Waals surface area contributed by atoms with Gasteiger partial charge in [0.05, 0.1) is 18.1 Å². The van der Waals surface area contributed by atoms with Gasteiger partial charge in [-0.05, 0) is 25.5 Å². The zero-order valence-corrected chi connectivity index (χ0v) is 13.2. The zero-order valence-electron chi connectivity index (χ0n) is 12.4. The minimum atomic E-state index is -3.86. The van der Waals surface area contributed by atoms with Crippen LogP contribution in [0.2, 0.25) is 0 Å². The van der Waals surface area contributed by atoms with Crippen LogP contribution in [0.3, 0.4) is 0 Å². The fourth-order valence-corrected chi connectivity index (χ4v) is 2.87. The number of ether oxygens (including phenoxy) is 2. The average Bonchev–Trinajstić information content (AvgIpc) is 2.48. The van der Waals surface area contributed by atoms with Gasteiger partial charge >= 0.3 is 6.03 Å². The number of sulfonamides is 1. The van der Waals surface area contributed by atoms with Crippen molar-refractivity contribution in [3.63, 3.8) is 0 Å². The Hall–Kier alpha value is -1.64. The quantitative estimate of drug-likeness (QED) is 0.845. The minimum absolute atomic E-state index is 0.0483. The predicted octanol–water partition coefficient (Wildman–Crippen LogP) is 1.14. The first-order chi connectivity index (χ1) is 10.5. The van der Waals surface area contributed by atoms with Crippen LogP contribution in [0.15, 0.2) is 29.2 Å². The molecule has 0 unspecified atom stereocenters. The molecule has 0 aliphatic carbocycles. The van der Waals surface area contributed by atoms with Crippen LogP contribution in [0.5, 0.6) is 0 Å². The summed E-state index contributed by atoms with van der Waals surface area (Å²) in [7, 11) is -3.86. The predicted molar refractivity (Wildman–Crippen MR) is 79.8 cm³/mol. The first-order valence-electron chi connectivity index (χ1n) is 7.08. The average molecular weight is 328 g/mol. The van der Waals surface area contributed by atoms with Gasteiger partial charge in [0.2, 0.25) is 0 Å². The molecule has 1 aliphatic rings. The lowest BCUT2D eigenvalue weighted by Gasteiger charge is -2.23. The molecular weight excluding hydrogens is 308 g/mol. The van der Waals surface area contributed by atoms with E-state index in [2.05, 4.69) is 5.32 Å². The third-order valence-electron chi connectivity index (χ3n) is 3.12. The normalized spacial score (nSPS) is 16.2. The third kappa shape index (κ3) is 4.97. The highest BCUT2D eigenvalue weighted by atomic mass is 32.2. The molecular formula is C14H20N2O5S. The van der Waals surface area contributed by atoms with Crippen molar-refractivity contribution in [1.29, 1.82) is 0 Å². The summed E-state index contributed by atoms with van der Waals surface area (Å²) in [6.45, 7) is 3.39. The SMILES string of the molecule is Cc1ccc(S(=O)(=O)NC(=O)NCCC2OCCCO2)cc1. The Morgan fingerprint density at radius 2 is 1.86 bits per heavy atom. The van der Waals surface area contributed by atoms with Gasteiger partial charge in [0.25, 0.3) is 10.0 Å². The van der Waals surface area contributed by atoms with Gasteiger partial charge in [-0.1, -0.05) is 17.7 Å². The summed E-state index contributed by atoms with van der Waals surface area (Å²) in [4.78, 5) is 11.7. The monoisotopic (exact) mass is 328 g/mol. The molecule has 2 N–H and O–H groups in total. The number of carbonyl (C=O) groups is 1. The van der Waals surface area contributed by atoms with Crippen LogP contribution in [-0.4, -0.2) is 40.5 Å². The van der Waals surface area contributed by atoms with Crippen molar-refractivity contribution in [3.05, 3.63) is 29.8 Å². The molecule has 2 rings (SSSR count). The molecule has 0 atom stereocenters. The second-order valence-electron chi connectivity index (χ2n) is 4.99. The number of carbonyl (C=O) groups excluding carboxylic acids is 1. The fraction of sp³-hybridized carbons (Fsp3) is 0.500. The van der Waals surface area contributed by atoms with Crippen LogP contribution in [0.1, 0.15) is 18.4 Å². The number of amides is 2. The van der Waals surface area contributed by atoms with Crippen LogP contribution in [0, 0.1) is 6.92 Å². The Morgan fingerprint density at radius 3 is 2.50 bits per heavy atom. The number of hydrogen-bond donors (Lipinski definition) is 2. The van der Waals surface area contributed by atoms with Crippen molar-refractivity contribution in [2.75, 3.05) is 19.8 Å². The standard InChI is InChI=1S/C14H20N2O5S/c1-11-3-5-12(6-4-11)22(18,19)16-14(17)15-8-7-13-20-9-2-10-21-13/h3-6,13H,2,7-10H2,1H3,(H2,15,16,17). The van der Waals surface area contributed by atoms with E-state index in [0.29, 0.717) is 19.6 Å². The van der Waals surface area contributed by atoms with Crippen molar-refractivity contribution < 1.29 is 22.7 Å². The highest BCUT2D eigenvalue weighted by Crippen LogP contribution is 2.10. The van der Waals surface area contributed by atoms with Crippen LogP contribution in [-0.2, 0) is 19.5 Å². The van der Waals surface area contributed by atoms with E-state index < -0.39 is 16.1 Å². The summed E-state index contributed by atoms with van der Waals surface area (Å²) in [5.74, 6) is 0. The molecule has 7 nitrogen and oxygen atoms in total. The molecule has 8 heteroatoms. The second kappa shape index (κ2) is 7.57. The van der Waals surface area contributed by atoms with Crippen LogP contribution in [0.4, 0.5) is 4.79 Å². The molecule has 1 heterocycles. The molecule has 1 aromatic carbocycles. The molecule has 2 amide bonds. The van der Waals surface area contributed by atoms with E-state index >= 15 is 0 Å². The smallest absolute Gasteiger partial charge is 0.328 e. The van der Waals surface area contributed by atoms with E-state index in [4.69, 9.17) is 9.47 Å². The van der Waals surface area contributed by atoms with E-state index in [1.807, 2.05) is 11.6 Å². The van der Waals surface area contributed by atoms with Crippen LogP contribution in [0.25, 0.3) is 0 Å². The summed E-state index contributed by atoms with van der Waals surface area (Å²) in [6.07, 6.45) is 0.986. The van der Waals surface area contributed by atoms with Gasteiger partial charge in [-0.15, -0.1) is 0 Å². The van der Waals surface area contributed by atoms with Crippen molar-refractivity contribution >= 4 is 16.1 Å². The molecule has 0 saturated carbocycles. The molecule has 1 aliphatic heterocycles. The van der Waals surface area contributed by atoms with Gasteiger partial charge in [-0.3, -0.25) is 0 Å². The molecule has 1 saturated heterocycles. The van der Waals surface area contributed by atoms with E-state index in [1.54, 1.807) is 12.1 Å². The highest BCUT2D eigenvalue weighted by molar-refractivity contribution is 7.90. The number of aryl methyl sites for hydroxylation is 1. The van der Waals surface area contributed by atoms with E-state index in [0.717, 1.165) is 12.0 Å². The molecule has 0 spiro atoms. The second-order valence-corrected chi connectivity index (χ2v) is 6.67. The molecule has 0 radical (unpaired) electrons. The van der Waals surface area contributed by atoms with Gasteiger partial charge in [0, 0.05) is 13.0 Å². The highest BCUT2D eigenvalue weighted by Gasteiger charge is 2.18. The lowest BCUT2D eigenvalue weighted by Crippen LogP contribution is -2.41. The maximum Gasteiger partial charge on any atom is 0.328 e. The number of rotatable bonds is 5. The number of urea groups is 1. The van der Waals surface area contributed by atoms with E-state index in [9.17, 15) is 13.2 Å². The summed E-state index contributed by atoms with van der Waals surface area (Å²) in [6, 6.07) is 5.48. The Kier molecular flexibility index (Phi) is 5.76. The summed E-state index contributed by atoms with van der Waals surface area (Å²) < 4.78 is 36.6. The lowest BCUT2D eigenvalue weighted by atomic mass is 10.2. The van der Waals surface area contributed by atoms with Crippen molar-refractivity contribution in [2.45, 2.75) is 31.0 Å². The number of nitrogens with one attached hydrogen (secondary N) is 2. The molecule has 122 valence electrons. The largest absolute Gasteiger partial charge is 0.353 e. The summed E-state index contributed by atoms with van der Waals surface area (Å²) in [5.41, 5.74) is 0.941. The Morgan fingerprint density at radius 1 is 1.23 bits per heavy atom. The lowest BCUT2D eigenvalue weighted by molar-refractivity contribution is -0.180. The molecule has 0 aromatic heterocycles. The van der Waals surface area contributed by atoms with Crippen molar-refractivity contribution in [3.8, 4) is 0 Å². The summed E-state index contributed by atoms with van der Waals surface area (Å²) >= 11 is 0. The van der Waals surface area contributed by atoms with Crippen molar-refractivity contribution in [1.82, 2.24) is 10.0 Å². The molecule has 22 heavy (non-hydrogen) atoms. The molecule has 0 bridgehead atoms. The number of benzene rings is 1. The maximum atomic E-state index is 12.0. The van der Waals surface area contributed by atoms with Gasteiger partial charge in [0.1, 0.15) is 0 Å². The van der Waals surface area contributed by atoms with Gasteiger partial charge in [-0.2, -0.15) is 0 Å². The van der Waals surface area contributed by atoms with Crippen LogP contribution >= 0.6 is 0 Å². The Labute approximate surface area is 130 Å². The molecule has 1 fully saturated rings. The van der Waals surface area contributed by atoms with Crippen LogP contribution < -0.4 is 10.0 Å². The fourth-order valence-electron chi connectivity index (χ4n) is 1.94. The van der Waals surface area contributed by atoms with Gasteiger partial charge in [-0.25, -0.2) is 17.9 Å². The van der Waals surface area contributed by atoms with Crippen molar-refractivity contribution in [2.24, 2.45) is 0 Å². The first kappa shape index (κ1) is 16.7. The topological polar surface area (TPSA) is 93.7 Å². The van der Waals surface area contributed by atoms with E-state index in [1.165, 1.54) is 12.1 Å². The summed E-state index contributed by atoms with van der Waals surface area (Å²) in [5, 5.41) is 2.48.